The number of carbonyl (C=O) groups excluding carboxylic acids is 1. The molecular formula is C26H21FN4O2S. The Bertz CT molecular complexity index is 1460. The van der Waals surface area contributed by atoms with Crippen molar-refractivity contribution in [2.24, 2.45) is 4.99 Å². The first-order chi connectivity index (χ1) is 16.6. The van der Waals surface area contributed by atoms with Crippen LogP contribution in [0.1, 0.15) is 12.0 Å². The van der Waals surface area contributed by atoms with E-state index in [1.54, 1.807) is 22.8 Å². The third kappa shape index (κ3) is 4.45. The second kappa shape index (κ2) is 9.52. The Morgan fingerprint density at radius 2 is 1.68 bits per heavy atom. The summed E-state index contributed by atoms with van der Waals surface area (Å²) >= 11 is 1.44. The number of aliphatic imine (C=N–C) groups is 1. The molecule has 0 radical (unpaired) electrons. The van der Waals surface area contributed by atoms with Crippen LogP contribution in [0.2, 0.25) is 0 Å². The summed E-state index contributed by atoms with van der Waals surface area (Å²) in [4.78, 5) is 34.5. The van der Waals surface area contributed by atoms with E-state index in [4.69, 9.17) is 0 Å². The van der Waals surface area contributed by atoms with Crippen LogP contribution < -0.4 is 10.6 Å². The summed E-state index contributed by atoms with van der Waals surface area (Å²) in [6.45, 7) is 0.542. The van der Waals surface area contributed by atoms with Gasteiger partial charge in [0.15, 0.2) is 5.17 Å². The van der Waals surface area contributed by atoms with E-state index in [9.17, 15) is 14.0 Å². The van der Waals surface area contributed by atoms with Gasteiger partial charge in [-0.2, -0.15) is 0 Å². The maximum atomic E-state index is 13.5. The van der Waals surface area contributed by atoms with Gasteiger partial charge in [-0.15, -0.1) is 0 Å². The van der Waals surface area contributed by atoms with Crippen molar-refractivity contribution >= 4 is 45.6 Å². The molecule has 0 spiro atoms. The lowest BCUT2D eigenvalue weighted by Gasteiger charge is -2.17. The molecule has 0 bridgehead atoms. The molecule has 1 N–H and O–H groups in total. The molecule has 3 aromatic carbocycles. The number of aromatic amines is 1. The summed E-state index contributed by atoms with van der Waals surface area (Å²) in [5.41, 5.74) is 3.29. The van der Waals surface area contributed by atoms with Gasteiger partial charge in [0.1, 0.15) is 11.5 Å². The number of nitrogens with zero attached hydrogens (tertiary/aromatic N) is 3. The number of aromatic nitrogens is 2. The molecule has 0 saturated carbocycles. The smallest absolute Gasteiger partial charge is 0.306 e. The van der Waals surface area contributed by atoms with Gasteiger partial charge in [0.2, 0.25) is 0 Å². The zero-order valence-corrected chi connectivity index (χ0v) is 19.0. The zero-order chi connectivity index (χ0) is 23.5. The number of hydrogen-bond acceptors (Lipinski definition) is 4. The van der Waals surface area contributed by atoms with E-state index in [0.717, 1.165) is 16.6 Å². The third-order valence-corrected chi connectivity index (χ3v) is 6.48. The van der Waals surface area contributed by atoms with Crippen LogP contribution in [0.5, 0.6) is 0 Å². The van der Waals surface area contributed by atoms with E-state index in [1.807, 2.05) is 54.6 Å². The molecule has 4 aromatic rings. The van der Waals surface area contributed by atoms with Crippen LogP contribution >= 0.6 is 11.8 Å². The van der Waals surface area contributed by atoms with Crippen molar-refractivity contribution in [3.63, 3.8) is 0 Å². The van der Waals surface area contributed by atoms with E-state index in [0.29, 0.717) is 35.3 Å². The summed E-state index contributed by atoms with van der Waals surface area (Å²) in [6, 6.07) is 22.9. The van der Waals surface area contributed by atoms with Crippen molar-refractivity contribution in [1.82, 2.24) is 9.55 Å². The number of carbonyl (C=O) groups is 1. The quantitative estimate of drug-likeness (QED) is 0.316. The minimum atomic E-state index is -0.370. The predicted octanol–water partition coefficient (Wildman–Crippen LogP) is 5.04. The predicted molar refractivity (Wildman–Crippen MR) is 135 cm³/mol. The molecule has 0 atom stereocenters. The molecule has 8 heteroatoms. The molecule has 0 aliphatic carbocycles. The number of para-hydroxylation sites is 2. The number of benzene rings is 3. The third-order valence-electron chi connectivity index (χ3n) is 5.46. The number of anilines is 1. The van der Waals surface area contributed by atoms with Crippen molar-refractivity contribution in [1.29, 1.82) is 0 Å². The highest BCUT2D eigenvalue weighted by Gasteiger charge is 2.31. The van der Waals surface area contributed by atoms with E-state index in [1.165, 1.54) is 28.8 Å². The number of imidazole rings is 1. The Morgan fingerprint density at radius 3 is 2.47 bits per heavy atom. The molecule has 0 unspecified atom stereocenters. The Morgan fingerprint density at radius 1 is 0.941 bits per heavy atom. The largest absolute Gasteiger partial charge is 0.326 e. The van der Waals surface area contributed by atoms with Gasteiger partial charge in [0.05, 0.1) is 16.7 Å². The van der Waals surface area contributed by atoms with Crippen LogP contribution in [-0.4, -0.2) is 26.4 Å². The molecule has 170 valence electrons. The average Bonchev–Trinajstić information content (AvgIpc) is 3.33. The zero-order valence-electron chi connectivity index (χ0n) is 18.1. The number of rotatable bonds is 6. The van der Waals surface area contributed by atoms with Gasteiger partial charge >= 0.3 is 5.69 Å². The van der Waals surface area contributed by atoms with Crippen molar-refractivity contribution < 1.29 is 9.18 Å². The molecule has 1 aliphatic heterocycles. The monoisotopic (exact) mass is 472 g/mol. The van der Waals surface area contributed by atoms with E-state index < -0.39 is 0 Å². The minimum Gasteiger partial charge on any atom is -0.306 e. The summed E-state index contributed by atoms with van der Waals surface area (Å²) in [7, 11) is 0. The van der Waals surface area contributed by atoms with E-state index >= 15 is 0 Å². The van der Waals surface area contributed by atoms with Crippen molar-refractivity contribution in [2.45, 2.75) is 13.0 Å². The molecule has 1 amide bonds. The lowest BCUT2D eigenvalue weighted by atomic mass is 10.2. The van der Waals surface area contributed by atoms with Crippen LogP contribution in [0.4, 0.5) is 10.1 Å². The number of amides is 1. The van der Waals surface area contributed by atoms with Gasteiger partial charge in [-0.3, -0.25) is 14.3 Å². The maximum Gasteiger partial charge on any atom is 0.326 e. The SMILES string of the molecule is O=C1/C(=C\c2ccccc2)N=C(SCCCn2c(=O)[nH]c3ccccc32)N1c1ccc(F)cc1. The topological polar surface area (TPSA) is 70.5 Å². The fourth-order valence-electron chi connectivity index (χ4n) is 3.83. The first kappa shape index (κ1) is 21.9. The van der Waals surface area contributed by atoms with Crippen LogP contribution in [0.25, 0.3) is 17.1 Å². The molecule has 6 nitrogen and oxygen atoms in total. The van der Waals surface area contributed by atoms with Crippen molar-refractivity contribution in [2.75, 3.05) is 10.7 Å². The highest BCUT2D eigenvalue weighted by atomic mass is 32.2. The summed E-state index contributed by atoms with van der Waals surface area (Å²) in [5.74, 6) is 0.0190. The van der Waals surface area contributed by atoms with E-state index in [-0.39, 0.29) is 17.4 Å². The molecule has 0 saturated heterocycles. The summed E-state index contributed by atoms with van der Waals surface area (Å²) < 4.78 is 15.2. The van der Waals surface area contributed by atoms with Crippen LogP contribution in [0.15, 0.2) is 94.3 Å². The highest BCUT2D eigenvalue weighted by molar-refractivity contribution is 8.14. The van der Waals surface area contributed by atoms with Crippen LogP contribution in [0.3, 0.4) is 0 Å². The average molecular weight is 473 g/mol. The number of H-pyrrole nitrogens is 1. The lowest BCUT2D eigenvalue weighted by Crippen LogP contribution is -2.30. The van der Waals surface area contributed by atoms with Gasteiger partial charge in [-0.1, -0.05) is 54.2 Å². The lowest BCUT2D eigenvalue weighted by molar-refractivity contribution is -0.113. The fourth-order valence-corrected chi connectivity index (χ4v) is 4.77. The van der Waals surface area contributed by atoms with Gasteiger partial charge in [-0.25, -0.2) is 14.2 Å². The number of aryl methyl sites for hydroxylation is 1. The Hall–Kier alpha value is -3.91. The number of amidine groups is 1. The summed E-state index contributed by atoms with van der Waals surface area (Å²) in [5, 5.41) is 0.532. The fraction of sp³-hybridized carbons (Fsp3) is 0.115. The normalized spacial score (nSPS) is 14.9. The van der Waals surface area contributed by atoms with Gasteiger partial charge in [-0.05, 0) is 54.5 Å². The standard InChI is InChI=1S/C26H21FN4O2S/c27-19-11-13-20(14-12-19)31-24(32)22(17-18-7-2-1-3-8-18)29-26(31)34-16-6-15-30-23-10-5-4-9-21(23)28-25(30)33/h1-5,7-14,17H,6,15-16H2,(H,28,33)/b22-17+. The summed E-state index contributed by atoms with van der Waals surface area (Å²) in [6.07, 6.45) is 2.45. The van der Waals surface area contributed by atoms with Crippen molar-refractivity contribution in [3.05, 3.63) is 106 Å². The molecule has 1 aromatic heterocycles. The van der Waals surface area contributed by atoms with Gasteiger partial charge in [0, 0.05) is 12.3 Å². The number of thioether (sulfide) groups is 1. The second-order valence-electron chi connectivity index (χ2n) is 7.75. The van der Waals surface area contributed by atoms with Crippen molar-refractivity contribution in [3.8, 4) is 0 Å². The number of nitrogens with one attached hydrogen (secondary N) is 1. The molecule has 1 aliphatic rings. The van der Waals surface area contributed by atoms with Crippen LogP contribution in [-0.2, 0) is 11.3 Å². The van der Waals surface area contributed by atoms with E-state index in [2.05, 4.69) is 9.98 Å². The number of fused-ring (bicyclic) bond motifs is 1. The first-order valence-corrected chi connectivity index (χ1v) is 11.8. The van der Waals surface area contributed by atoms with Crippen LogP contribution in [0, 0.1) is 5.82 Å². The highest BCUT2D eigenvalue weighted by Crippen LogP contribution is 2.30. The first-order valence-electron chi connectivity index (χ1n) is 10.9. The van der Waals surface area contributed by atoms with Gasteiger partial charge < -0.3 is 4.98 Å². The maximum absolute atomic E-state index is 13.5. The number of halogens is 1. The Balaban J connectivity index is 1.35. The number of hydrogen-bond donors (Lipinski definition) is 1. The molecular weight excluding hydrogens is 451 g/mol. The molecule has 5 rings (SSSR count). The molecule has 2 heterocycles. The molecule has 34 heavy (non-hydrogen) atoms. The second-order valence-corrected chi connectivity index (χ2v) is 8.81. The molecule has 0 fully saturated rings. The minimum absolute atomic E-state index is 0.138. The Labute approximate surface area is 199 Å². The Kier molecular flexibility index (Phi) is 6.14. The van der Waals surface area contributed by atoms with Gasteiger partial charge in [0.25, 0.3) is 5.91 Å².